The van der Waals surface area contributed by atoms with Crippen LogP contribution < -0.4 is 4.72 Å². The van der Waals surface area contributed by atoms with Crippen molar-refractivity contribution >= 4 is 21.4 Å². The van der Waals surface area contributed by atoms with Crippen LogP contribution in [0.2, 0.25) is 0 Å². The van der Waals surface area contributed by atoms with Gasteiger partial charge < -0.3 is 0 Å². The minimum Gasteiger partial charge on any atom is -0.207 e. The lowest BCUT2D eigenvalue weighted by atomic mass is 10.2. The first-order chi connectivity index (χ1) is 9.97. The molecule has 7 heteroatoms. The predicted molar refractivity (Wildman–Crippen MR) is 78.8 cm³/mol. The van der Waals surface area contributed by atoms with E-state index in [0.717, 1.165) is 35.1 Å². The fraction of sp³-hybridized carbons (Fsp3) is 0.214. The third-order valence-corrected chi connectivity index (χ3v) is 5.37. The van der Waals surface area contributed by atoms with E-state index in [1.807, 2.05) is 18.4 Å². The van der Waals surface area contributed by atoms with Crippen molar-refractivity contribution in [3.63, 3.8) is 0 Å². The molecule has 0 spiro atoms. The van der Waals surface area contributed by atoms with Gasteiger partial charge in [0.2, 0.25) is 10.0 Å². The fourth-order valence-electron chi connectivity index (χ4n) is 1.84. The molecule has 21 heavy (non-hydrogen) atoms. The number of nitrogens with one attached hydrogen (secondary N) is 1. The molecule has 110 valence electrons. The predicted octanol–water partition coefficient (Wildman–Crippen LogP) is 2.80. The molecule has 0 aliphatic rings. The molecule has 2 aromatic rings. The van der Waals surface area contributed by atoms with E-state index >= 15 is 0 Å². The van der Waals surface area contributed by atoms with Gasteiger partial charge in [-0.15, -0.1) is 11.3 Å². The molecular formula is C14H13FN2O2S2. The van der Waals surface area contributed by atoms with Crippen LogP contribution in [0.4, 0.5) is 4.39 Å². The highest BCUT2D eigenvalue weighted by Crippen LogP contribution is 2.19. The van der Waals surface area contributed by atoms with E-state index in [1.54, 1.807) is 6.07 Å². The number of nitriles is 1. The number of benzene rings is 1. The van der Waals surface area contributed by atoms with Gasteiger partial charge in [0.15, 0.2) is 0 Å². The van der Waals surface area contributed by atoms with E-state index in [9.17, 15) is 12.8 Å². The quantitative estimate of drug-likeness (QED) is 0.919. The third kappa shape index (κ3) is 3.47. The number of hydrogen-bond acceptors (Lipinski definition) is 4. The topological polar surface area (TPSA) is 70.0 Å². The van der Waals surface area contributed by atoms with Crippen LogP contribution in [0.25, 0.3) is 0 Å². The maximum Gasteiger partial charge on any atom is 0.240 e. The molecule has 4 nitrogen and oxygen atoms in total. The number of nitrogens with zero attached hydrogens (tertiary/aromatic N) is 1. The van der Waals surface area contributed by atoms with Crippen molar-refractivity contribution < 1.29 is 12.8 Å². The smallest absolute Gasteiger partial charge is 0.207 e. The molecule has 0 saturated carbocycles. The van der Waals surface area contributed by atoms with Gasteiger partial charge in [-0.25, -0.2) is 17.5 Å². The van der Waals surface area contributed by atoms with Crippen LogP contribution in [0.5, 0.6) is 0 Å². The average Bonchev–Trinajstić information content (AvgIpc) is 2.93. The molecule has 0 saturated heterocycles. The van der Waals surface area contributed by atoms with Crippen LogP contribution in [0, 0.1) is 17.1 Å². The summed E-state index contributed by atoms with van der Waals surface area (Å²) in [5.41, 5.74) is 0.808. The highest BCUT2D eigenvalue weighted by atomic mass is 32.2. The lowest BCUT2D eigenvalue weighted by Crippen LogP contribution is -2.23. The van der Waals surface area contributed by atoms with Crippen molar-refractivity contribution in [3.05, 3.63) is 51.5 Å². The molecular weight excluding hydrogens is 311 g/mol. The molecule has 0 unspecified atom stereocenters. The molecule has 1 aromatic heterocycles. The van der Waals surface area contributed by atoms with Gasteiger partial charge in [-0.1, -0.05) is 6.92 Å². The number of halogens is 1. The zero-order chi connectivity index (χ0) is 15.5. The number of aryl methyl sites for hydroxylation is 1. The van der Waals surface area contributed by atoms with Crippen molar-refractivity contribution in [2.45, 2.75) is 24.8 Å². The Kier molecular flexibility index (Phi) is 4.73. The number of sulfonamides is 1. The van der Waals surface area contributed by atoms with Crippen molar-refractivity contribution in [1.29, 1.82) is 5.26 Å². The molecule has 0 bridgehead atoms. The van der Waals surface area contributed by atoms with Crippen LogP contribution in [0.15, 0.2) is 34.5 Å². The Labute approximate surface area is 126 Å². The molecule has 0 amide bonds. The lowest BCUT2D eigenvalue weighted by Gasteiger charge is -2.07. The highest BCUT2D eigenvalue weighted by molar-refractivity contribution is 7.89. The van der Waals surface area contributed by atoms with Crippen LogP contribution in [0.3, 0.4) is 0 Å². The van der Waals surface area contributed by atoms with Gasteiger partial charge in [-0.05, 0) is 41.6 Å². The molecule has 1 heterocycles. The van der Waals surface area contributed by atoms with E-state index < -0.39 is 15.8 Å². The summed E-state index contributed by atoms with van der Waals surface area (Å²) in [5, 5.41) is 10.7. The standard InChI is InChI=1S/C14H13FN2O2S2/c1-2-10-5-6-20-14(10)9-17-21(18,19)12-3-4-13(15)11(7-12)8-16/h3-7,17H,2,9H2,1H3. The zero-order valence-electron chi connectivity index (χ0n) is 11.3. The molecule has 0 aliphatic carbocycles. The summed E-state index contributed by atoms with van der Waals surface area (Å²) in [6.07, 6.45) is 0.829. The van der Waals surface area contributed by atoms with Gasteiger partial charge in [-0.2, -0.15) is 5.26 Å². The summed E-state index contributed by atoms with van der Waals surface area (Å²) >= 11 is 1.48. The van der Waals surface area contributed by atoms with Crippen LogP contribution in [-0.4, -0.2) is 8.42 Å². The Morgan fingerprint density at radius 3 is 2.81 bits per heavy atom. The van der Waals surface area contributed by atoms with Gasteiger partial charge in [0, 0.05) is 11.4 Å². The normalized spacial score (nSPS) is 11.3. The van der Waals surface area contributed by atoms with Crippen molar-refractivity contribution in [1.82, 2.24) is 4.72 Å². The Morgan fingerprint density at radius 2 is 2.14 bits per heavy atom. The Balaban J connectivity index is 2.21. The van der Waals surface area contributed by atoms with Gasteiger partial charge in [0.1, 0.15) is 11.9 Å². The number of thiophene rings is 1. The first-order valence-electron chi connectivity index (χ1n) is 6.22. The Morgan fingerprint density at radius 1 is 1.38 bits per heavy atom. The second kappa shape index (κ2) is 6.35. The summed E-state index contributed by atoms with van der Waals surface area (Å²) in [4.78, 5) is 0.832. The largest absolute Gasteiger partial charge is 0.240 e. The molecule has 0 atom stereocenters. The minimum atomic E-state index is -3.77. The molecule has 0 aliphatic heterocycles. The van der Waals surface area contributed by atoms with Crippen LogP contribution >= 0.6 is 11.3 Å². The van der Waals surface area contributed by atoms with Crippen molar-refractivity contribution in [2.75, 3.05) is 0 Å². The molecule has 1 N–H and O–H groups in total. The van der Waals surface area contributed by atoms with E-state index in [4.69, 9.17) is 5.26 Å². The monoisotopic (exact) mass is 324 g/mol. The minimum absolute atomic E-state index is 0.116. The molecule has 2 rings (SSSR count). The Hall–Kier alpha value is -1.75. The van der Waals surface area contributed by atoms with Crippen LogP contribution in [-0.2, 0) is 23.0 Å². The van der Waals surface area contributed by atoms with E-state index in [1.165, 1.54) is 11.3 Å². The summed E-state index contributed by atoms with van der Waals surface area (Å²) in [5.74, 6) is -0.733. The maximum absolute atomic E-state index is 13.2. The first kappa shape index (κ1) is 15.6. The van der Waals surface area contributed by atoms with Gasteiger partial charge in [0.25, 0.3) is 0 Å². The summed E-state index contributed by atoms with van der Waals surface area (Å²) in [7, 11) is -3.77. The zero-order valence-corrected chi connectivity index (χ0v) is 12.9. The maximum atomic E-state index is 13.2. The van der Waals surface area contributed by atoms with Crippen LogP contribution in [0.1, 0.15) is 22.9 Å². The number of rotatable bonds is 5. The first-order valence-corrected chi connectivity index (χ1v) is 8.58. The molecule has 0 fully saturated rings. The second-order valence-electron chi connectivity index (χ2n) is 4.30. The number of hydrogen-bond donors (Lipinski definition) is 1. The van der Waals surface area contributed by atoms with E-state index in [-0.39, 0.29) is 17.0 Å². The van der Waals surface area contributed by atoms with Gasteiger partial charge in [0.05, 0.1) is 10.5 Å². The molecule has 1 aromatic carbocycles. The third-order valence-electron chi connectivity index (χ3n) is 3.01. The summed E-state index contributed by atoms with van der Waals surface area (Å²) in [6.45, 7) is 2.18. The van der Waals surface area contributed by atoms with E-state index in [0.29, 0.717) is 0 Å². The fourth-order valence-corrected chi connectivity index (χ4v) is 3.87. The lowest BCUT2D eigenvalue weighted by molar-refractivity contribution is 0.580. The molecule has 0 radical (unpaired) electrons. The van der Waals surface area contributed by atoms with Gasteiger partial charge >= 0.3 is 0 Å². The van der Waals surface area contributed by atoms with E-state index in [2.05, 4.69) is 4.72 Å². The van der Waals surface area contributed by atoms with Crippen molar-refractivity contribution in [3.8, 4) is 6.07 Å². The van der Waals surface area contributed by atoms with Gasteiger partial charge in [-0.3, -0.25) is 0 Å². The van der Waals surface area contributed by atoms with Crippen molar-refractivity contribution in [2.24, 2.45) is 0 Å². The second-order valence-corrected chi connectivity index (χ2v) is 7.07. The summed E-state index contributed by atoms with van der Waals surface area (Å²) < 4.78 is 40.0. The Bertz CT molecular complexity index is 792. The SMILES string of the molecule is CCc1ccsc1CNS(=O)(=O)c1ccc(F)c(C#N)c1. The summed E-state index contributed by atoms with van der Waals surface area (Å²) in [6, 6.07) is 6.75. The highest BCUT2D eigenvalue weighted by Gasteiger charge is 2.17. The average molecular weight is 324 g/mol.